The van der Waals surface area contributed by atoms with Crippen molar-refractivity contribution in [1.82, 2.24) is 0 Å². The van der Waals surface area contributed by atoms with Crippen LogP contribution in [-0.2, 0) is 4.79 Å². The number of anilines is 2. The van der Waals surface area contributed by atoms with Gasteiger partial charge in [-0.05, 0) is 64.8 Å². The minimum Gasteiger partial charge on any atom is -0.483 e. The number of carbonyl (C=O) groups excluding carboxylic acids is 1. The second kappa shape index (κ2) is 6.58. The van der Waals surface area contributed by atoms with Gasteiger partial charge in [-0.25, -0.2) is 4.39 Å². The number of hydrogen-bond acceptors (Lipinski definition) is 3. The molecule has 0 saturated heterocycles. The van der Waals surface area contributed by atoms with Crippen LogP contribution in [0.5, 0.6) is 5.75 Å². The molecule has 0 atom stereocenters. The Balaban J connectivity index is 1.96. The van der Waals surface area contributed by atoms with E-state index in [4.69, 9.17) is 10.5 Å². The number of amides is 1. The van der Waals surface area contributed by atoms with E-state index in [9.17, 15) is 9.18 Å². The predicted octanol–water partition coefficient (Wildman–Crippen LogP) is 3.50. The highest BCUT2D eigenvalue weighted by molar-refractivity contribution is 9.10. The smallest absolute Gasteiger partial charge is 0.262 e. The van der Waals surface area contributed by atoms with E-state index in [1.165, 1.54) is 18.2 Å². The number of halogens is 2. The van der Waals surface area contributed by atoms with Crippen LogP contribution in [0.4, 0.5) is 15.8 Å². The van der Waals surface area contributed by atoms with Crippen LogP contribution in [0.25, 0.3) is 0 Å². The number of ether oxygens (including phenoxy) is 1. The van der Waals surface area contributed by atoms with Crippen molar-refractivity contribution in [2.45, 2.75) is 6.92 Å². The zero-order valence-corrected chi connectivity index (χ0v) is 12.9. The van der Waals surface area contributed by atoms with Gasteiger partial charge in [0.25, 0.3) is 5.91 Å². The molecule has 0 fully saturated rings. The Morgan fingerprint density at radius 1 is 1.33 bits per heavy atom. The first-order valence-electron chi connectivity index (χ1n) is 6.19. The summed E-state index contributed by atoms with van der Waals surface area (Å²) in [5.74, 6) is -0.178. The maximum absolute atomic E-state index is 13.0. The molecule has 3 N–H and O–H groups in total. The van der Waals surface area contributed by atoms with Gasteiger partial charge >= 0.3 is 0 Å². The molecule has 21 heavy (non-hydrogen) atoms. The number of nitrogens with two attached hydrogens (primary N) is 1. The van der Waals surface area contributed by atoms with Crippen LogP contribution in [-0.4, -0.2) is 12.5 Å². The fourth-order valence-corrected chi connectivity index (χ4v) is 2.23. The van der Waals surface area contributed by atoms with Crippen LogP contribution in [0.2, 0.25) is 0 Å². The van der Waals surface area contributed by atoms with Gasteiger partial charge in [0.05, 0.1) is 5.69 Å². The summed E-state index contributed by atoms with van der Waals surface area (Å²) in [6.45, 7) is 1.55. The average Bonchev–Trinajstić information content (AvgIpc) is 2.41. The molecule has 2 aromatic carbocycles. The molecule has 2 aromatic rings. The average molecular weight is 353 g/mol. The van der Waals surface area contributed by atoms with Crippen molar-refractivity contribution in [1.29, 1.82) is 0 Å². The van der Waals surface area contributed by atoms with Crippen LogP contribution in [0.1, 0.15) is 5.56 Å². The van der Waals surface area contributed by atoms with E-state index in [0.29, 0.717) is 27.2 Å². The molecule has 0 heterocycles. The van der Waals surface area contributed by atoms with Crippen LogP contribution < -0.4 is 15.8 Å². The lowest BCUT2D eigenvalue weighted by atomic mass is 10.2. The molecule has 1 amide bonds. The van der Waals surface area contributed by atoms with Crippen molar-refractivity contribution in [2.75, 3.05) is 17.7 Å². The van der Waals surface area contributed by atoms with E-state index >= 15 is 0 Å². The number of rotatable bonds is 4. The first kappa shape index (κ1) is 15.3. The van der Waals surface area contributed by atoms with Crippen molar-refractivity contribution >= 4 is 33.2 Å². The highest BCUT2D eigenvalue weighted by atomic mass is 79.9. The summed E-state index contributed by atoms with van der Waals surface area (Å²) in [6, 6.07) is 9.21. The molecule has 0 aliphatic heterocycles. The van der Waals surface area contributed by atoms with Crippen molar-refractivity contribution in [3.63, 3.8) is 0 Å². The fraction of sp³-hybridized carbons (Fsp3) is 0.133. The predicted molar refractivity (Wildman–Crippen MR) is 83.8 cm³/mol. The second-order valence-electron chi connectivity index (χ2n) is 4.49. The SMILES string of the molecule is Cc1cc(F)ccc1OCC(=O)Nc1ccc(N)cc1Br. The molecule has 0 aromatic heterocycles. The maximum Gasteiger partial charge on any atom is 0.262 e. The van der Waals surface area contributed by atoms with Crippen molar-refractivity contribution in [3.8, 4) is 5.75 Å². The molecule has 0 spiro atoms. The maximum atomic E-state index is 13.0. The van der Waals surface area contributed by atoms with Crippen molar-refractivity contribution < 1.29 is 13.9 Å². The molecule has 0 bridgehead atoms. The minimum absolute atomic E-state index is 0.163. The molecule has 110 valence electrons. The topological polar surface area (TPSA) is 64.3 Å². The normalized spacial score (nSPS) is 10.2. The molecule has 2 rings (SSSR count). The van der Waals surface area contributed by atoms with Crippen LogP contribution in [0.15, 0.2) is 40.9 Å². The summed E-state index contributed by atoms with van der Waals surface area (Å²) in [6.07, 6.45) is 0. The summed E-state index contributed by atoms with van der Waals surface area (Å²) in [7, 11) is 0. The number of aryl methyl sites for hydroxylation is 1. The van der Waals surface area contributed by atoms with Gasteiger partial charge in [0, 0.05) is 10.2 Å². The van der Waals surface area contributed by atoms with Crippen LogP contribution in [0.3, 0.4) is 0 Å². The van der Waals surface area contributed by atoms with Gasteiger partial charge in [-0.3, -0.25) is 4.79 Å². The van der Waals surface area contributed by atoms with Gasteiger partial charge in [0.1, 0.15) is 11.6 Å². The van der Waals surface area contributed by atoms with Crippen molar-refractivity contribution in [3.05, 3.63) is 52.3 Å². The number of carbonyl (C=O) groups is 1. The highest BCUT2D eigenvalue weighted by Crippen LogP contribution is 2.24. The van der Waals surface area contributed by atoms with Gasteiger partial charge in [-0.15, -0.1) is 0 Å². The van der Waals surface area contributed by atoms with Gasteiger partial charge in [0.2, 0.25) is 0 Å². The Kier molecular flexibility index (Phi) is 4.80. The van der Waals surface area contributed by atoms with Gasteiger partial charge in [-0.2, -0.15) is 0 Å². The number of hydrogen-bond donors (Lipinski definition) is 2. The zero-order valence-electron chi connectivity index (χ0n) is 11.3. The first-order chi connectivity index (χ1) is 9.95. The van der Waals surface area contributed by atoms with E-state index in [0.717, 1.165) is 0 Å². The summed E-state index contributed by atoms with van der Waals surface area (Å²) < 4.78 is 19.0. The Bertz CT molecular complexity index is 677. The Hall–Kier alpha value is -2.08. The van der Waals surface area contributed by atoms with Gasteiger partial charge < -0.3 is 15.8 Å². The Morgan fingerprint density at radius 2 is 2.10 bits per heavy atom. The van der Waals surface area contributed by atoms with E-state index in [1.807, 2.05) is 0 Å². The minimum atomic E-state index is -0.338. The quantitative estimate of drug-likeness (QED) is 0.827. The lowest BCUT2D eigenvalue weighted by molar-refractivity contribution is -0.118. The molecule has 0 aliphatic rings. The number of nitrogens with one attached hydrogen (secondary N) is 1. The van der Waals surface area contributed by atoms with E-state index < -0.39 is 0 Å². The van der Waals surface area contributed by atoms with Crippen LogP contribution in [0, 0.1) is 12.7 Å². The molecule has 4 nitrogen and oxygen atoms in total. The van der Waals surface area contributed by atoms with E-state index in [1.54, 1.807) is 25.1 Å². The number of nitrogen functional groups attached to an aromatic ring is 1. The standard InChI is InChI=1S/C15H14BrFN2O2/c1-9-6-10(17)2-5-14(9)21-8-15(20)19-13-4-3-11(18)7-12(13)16/h2-7H,8,18H2,1H3,(H,19,20). The van der Waals surface area contributed by atoms with Crippen molar-refractivity contribution in [2.24, 2.45) is 0 Å². The Labute approximate surface area is 130 Å². The highest BCUT2D eigenvalue weighted by Gasteiger charge is 2.08. The van der Waals surface area contributed by atoms with Gasteiger partial charge in [0.15, 0.2) is 6.61 Å². The van der Waals surface area contributed by atoms with E-state index in [2.05, 4.69) is 21.2 Å². The lowest BCUT2D eigenvalue weighted by Crippen LogP contribution is -2.20. The molecular weight excluding hydrogens is 339 g/mol. The molecule has 6 heteroatoms. The summed E-state index contributed by atoms with van der Waals surface area (Å²) in [5.41, 5.74) is 7.46. The molecule has 0 radical (unpaired) electrons. The zero-order chi connectivity index (χ0) is 15.4. The number of benzene rings is 2. The molecule has 0 saturated carbocycles. The van der Waals surface area contributed by atoms with E-state index in [-0.39, 0.29) is 18.3 Å². The van der Waals surface area contributed by atoms with Gasteiger partial charge in [-0.1, -0.05) is 0 Å². The first-order valence-corrected chi connectivity index (χ1v) is 6.99. The monoisotopic (exact) mass is 352 g/mol. The summed E-state index contributed by atoms with van der Waals surface area (Å²) >= 11 is 3.31. The largest absolute Gasteiger partial charge is 0.483 e. The third kappa shape index (κ3) is 4.19. The third-order valence-corrected chi connectivity index (χ3v) is 3.42. The lowest BCUT2D eigenvalue weighted by Gasteiger charge is -2.11. The molecular formula is C15H14BrFN2O2. The second-order valence-corrected chi connectivity index (χ2v) is 5.34. The third-order valence-electron chi connectivity index (χ3n) is 2.76. The summed E-state index contributed by atoms with van der Waals surface area (Å²) in [5, 5.41) is 2.70. The summed E-state index contributed by atoms with van der Waals surface area (Å²) in [4.78, 5) is 11.8. The fourth-order valence-electron chi connectivity index (χ4n) is 1.74. The van der Waals surface area contributed by atoms with Crippen LogP contribution >= 0.6 is 15.9 Å². The molecule has 0 unspecified atom stereocenters. The molecule has 0 aliphatic carbocycles. The Morgan fingerprint density at radius 3 is 2.76 bits per heavy atom.